The van der Waals surface area contributed by atoms with Gasteiger partial charge in [0.1, 0.15) is 0 Å². The van der Waals surface area contributed by atoms with Crippen LogP contribution >= 0.6 is 0 Å². The number of pyridine rings is 1. The number of ether oxygens (including phenoxy) is 1. The lowest BCUT2D eigenvalue weighted by molar-refractivity contribution is 0.0600. The molecule has 1 amide bonds. The Kier molecular flexibility index (Phi) is 4.52. The molecular weight excluding hydrogens is 304 g/mol. The Balaban J connectivity index is 1.72. The zero-order valence-corrected chi connectivity index (χ0v) is 13.2. The number of fused-ring (bicyclic) bond motifs is 1. The molecule has 0 fully saturated rings. The van der Waals surface area contributed by atoms with Crippen LogP contribution in [0.3, 0.4) is 0 Å². The van der Waals surface area contributed by atoms with Crippen LogP contribution in [-0.2, 0) is 11.3 Å². The van der Waals surface area contributed by atoms with E-state index in [-0.39, 0.29) is 11.9 Å². The zero-order chi connectivity index (χ0) is 16.9. The predicted octanol–water partition coefficient (Wildman–Crippen LogP) is 2.95. The Morgan fingerprint density at radius 2 is 1.79 bits per heavy atom. The third-order valence-corrected chi connectivity index (χ3v) is 3.71. The number of hydrogen-bond donors (Lipinski definition) is 1. The van der Waals surface area contributed by atoms with Gasteiger partial charge in [-0.25, -0.2) is 4.79 Å². The van der Waals surface area contributed by atoms with Crippen molar-refractivity contribution in [3.8, 4) is 0 Å². The van der Waals surface area contributed by atoms with E-state index in [1.54, 1.807) is 36.5 Å². The number of amides is 1. The van der Waals surface area contributed by atoms with Crippen LogP contribution < -0.4 is 5.32 Å². The van der Waals surface area contributed by atoms with Crippen LogP contribution in [0, 0.1) is 0 Å². The fourth-order valence-corrected chi connectivity index (χ4v) is 2.44. The number of rotatable bonds is 4. The van der Waals surface area contributed by atoms with Gasteiger partial charge >= 0.3 is 5.97 Å². The third kappa shape index (κ3) is 3.25. The summed E-state index contributed by atoms with van der Waals surface area (Å²) in [5, 5.41) is 3.80. The summed E-state index contributed by atoms with van der Waals surface area (Å²) in [6.07, 6.45) is 1.67. The second kappa shape index (κ2) is 6.91. The van der Waals surface area contributed by atoms with Crippen LogP contribution in [0.5, 0.6) is 0 Å². The minimum atomic E-state index is -0.382. The lowest BCUT2D eigenvalue weighted by Gasteiger charge is -2.08. The second-order valence-corrected chi connectivity index (χ2v) is 5.25. The van der Waals surface area contributed by atoms with Crippen molar-refractivity contribution in [2.45, 2.75) is 6.54 Å². The van der Waals surface area contributed by atoms with Crippen LogP contribution in [0.4, 0.5) is 0 Å². The number of hydrogen-bond acceptors (Lipinski definition) is 4. The minimum absolute atomic E-state index is 0.184. The first-order valence-corrected chi connectivity index (χ1v) is 7.48. The van der Waals surface area contributed by atoms with E-state index >= 15 is 0 Å². The molecular formula is C19H16N2O3. The van der Waals surface area contributed by atoms with Crippen LogP contribution in [0.2, 0.25) is 0 Å². The smallest absolute Gasteiger partial charge is 0.337 e. The van der Waals surface area contributed by atoms with Crippen molar-refractivity contribution in [3.05, 3.63) is 77.5 Å². The lowest BCUT2D eigenvalue weighted by atomic mass is 10.1. The largest absolute Gasteiger partial charge is 0.465 e. The number of aromatic nitrogens is 1. The average Bonchev–Trinajstić information content (AvgIpc) is 2.65. The Bertz CT molecular complexity index is 883. The monoisotopic (exact) mass is 320 g/mol. The summed E-state index contributed by atoms with van der Waals surface area (Å²) < 4.78 is 4.66. The molecule has 0 spiro atoms. The van der Waals surface area contributed by atoms with Crippen molar-refractivity contribution in [3.63, 3.8) is 0 Å². The number of methoxy groups -OCH3 is 1. The quantitative estimate of drug-likeness (QED) is 0.751. The maximum atomic E-state index is 12.4. The molecule has 3 rings (SSSR count). The number of benzene rings is 2. The van der Waals surface area contributed by atoms with Gasteiger partial charge in [0.25, 0.3) is 5.91 Å². The van der Waals surface area contributed by atoms with E-state index in [1.807, 2.05) is 24.3 Å². The van der Waals surface area contributed by atoms with Crippen molar-refractivity contribution in [2.24, 2.45) is 0 Å². The van der Waals surface area contributed by atoms with Crippen molar-refractivity contribution in [1.82, 2.24) is 10.3 Å². The molecule has 0 atom stereocenters. The highest BCUT2D eigenvalue weighted by Crippen LogP contribution is 2.16. The summed E-state index contributed by atoms with van der Waals surface area (Å²) in [6.45, 7) is 0.365. The molecule has 2 aromatic carbocycles. The van der Waals surface area contributed by atoms with Gasteiger partial charge < -0.3 is 10.1 Å². The van der Waals surface area contributed by atoms with E-state index < -0.39 is 0 Å². The third-order valence-electron chi connectivity index (χ3n) is 3.71. The van der Waals surface area contributed by atoms with E-state index in [9.17, 15) is 9.59 Å². The van der Waals surface area contributed by atoms with Gasteiger partial charge in [-0.2, -0.15) is 0 Å². The van der Waals surface area contributed by atoms with E-state index in [0.717, 1.165) is 10.9 Å². The first-order valence-electron chi connectivity index (χ1n) is 7.48. The summed E-state index contributed by atoms with van der Waals surface area (Å²) in [5.41, 5.74) is 2.59. The van der Waals surface area contributed by atoms with E-state index in [2.05, 4.69) is 15.0 Å². The van der Waals surface area contributed by atoms with E-state index in [0.29, 0.717) is 23.2 Å². The number of nitrogens with one attached hydrogen (secondary N) is 1. The highest BCUT2D eigenvalue weighted by atomic mass is 16.5. The Hall–Kier alpha value is -3.21. The Morgan fingerprint density at radius 3 is 2.54 bits per heavy atom. The molecule has 5 heteroatoms. The SMILES string of the molecule is COC(=O)c1ccc(CNC(=O)c2cccc3cccnc23)cc1. The molecule has 1 N–H and O–H groups in total. The molecule has 0 saturated heterocycles. The minimum Gasteiger partial charge on any atom is -0.465 e. The summed E-state index contributed by atoms with van der Waals surface area (Å²) in [6, 6.07) is 16.2. The predicted molar refractivity (Wildman–Crippen MR) is 90.7 cm³/mol. The van der Waals surface area contributed by atoms with Gasteiger partial charge in [-0.15, -0.1) is 0 Å². The van der Waals surface area contributed by atoms with Crippen LogP contribution in [0.25, 0.3) is 10.9 Å². The summed E-state index contributed by atoms with van der Waals surface area (Å²) >= 11 is 0. The maximum absolute atomic E-state index is 12.4. The molecule has 24 heavy (non-hydrogen) atoms. The van der Waals surface area contributed by atoms with Crippen molar-refractivity contribution >= 4 is 22.8 Å². The molecule has 5 nitrogen and oxygen atoms in total. The molecule has 3 aromatic rings. The van der Waals surface area contributed by atoms with Crippen LogP contribution in [0.15, 0.2) is 60.8 Å². The van der Waals surface area contributed by atoms with Gasteiger partial charge in [-0.1, -0.05) is 30.3 Å². The van der Waals surface area contributed by atoms with Crippen LogP contribution in [-0.4, -0.2) is 24.0 Å². The number of para-hydroxylation sites is 1. The van der Waals surface area contributed by atoms with Gasteiger partial charge in [-0.05, 0) is 29.8 Å². The number of carbonyl (C=O) groups is 2. The number of esters is 1. The molecule has 0 saturated carbocycles. The average molecular weight is 320 g/mol. The molecule has 1 heterocycles. The van der Waals surface area contributed by atoms with Crippen molar-refractivity contribution in [1.29, 1.82) is 0 Å². The van der Waals surface area contributed by atoms with E-state index in [1.165, 1.54) is 7.11 Å². The lowest BCUT2D eigenvalue weighted by Crippen LogP contribution is -2.23. The molecule has 0 aliphatic carbocycles. The molecule has 1 aromatic heterocycles. The van der Waals surface area contributed by atoms with Crippen molar-refractivity contribution < 1.29 is 14.3 Å². The summed E-state index contributed by atoms with van der Waals surface area (Å²) in [7, 11) is 1.34. The normalized spacial score (nSPS) is 10.4. The van der Waals surface area contributed by atoms with Gasteiger partial charge in [-0.3, -0.25) is 9.78 Å². The summed E-state index contributed by atoms with van der Waals surface area (Å²) in [5.74, 6) is -0.566. The first kappa shape index (κ1) is 15.7. The maximum Gasteiger partial charge on any atom is 0.337 e. The first-order chi connectivity index (χ1) is 11.7. The molecule has 120 valence electrons. The standard InChI is InChI=1S/C19H16N2O3/c1-24-19(23)15-9-7-13(8-10-15)12-21-18(22)16-6-2-4-14-5-3-11-20-17(14)16/h2-11H,12H2,1H3,(H,21,22). The van der Waals surface area contributed by atoms with Crippen molar-refractivity contribution in [2.75, 3.05) is 7.11 Å². The number of carbonyl (C=O) groups excluding carboxylic acids is 2. The second-order valence-electron chi connectivity index (χ2n) is 5.25. The van der Waals surface area contributed by atoms with Gasteiger partial charge in [0.15, 0.2) is 0 Å². The van der Waals surface area contributed by atoms with E-state index in [4.69, 9.17) is 0 Å². The molecule has 0 unspecified atom stereocenters. The number of nitrogens with zero attached hydrogens (tertiary/aromatic N) is 1. The Labute approximate surface area is 139 Å². The fraction of sp³-hybridized carbons (Fsp3) is 0.105. The topological polar surface area (TPSA) is 68.3 Å². The molecule has 0 aliphatic rings. The van der Waals surface area contributed by atoms with Crippen LogP contribution in [0.1, 0.15) is 26.3 Å². The van der Waals surface area contributed by atoms with Gasteiger partial charge in [0, 0.05) is 18.1 Å². The van der Waals surface area contributed by atoms with Gasteiger partial charge in [0.2, 0.25) is 0 Å². The Morgan fingerprint density at radius 1 is 1.04 bits per heavy atom. The highest BCUT2D eigenvalue weighted by Gasteiger charge is 2.10. The molecule has 0 radical (unpaired) electrons. The fourth-order valence-electron chi connectivity index (χ4n) is 2.44. The molecule has 0 bridgehead atoms. The molecule has 0 aliphatic heterocycles. The van der Waals surface area contributed by atoms with Gasteiger partial charge in [0.05, 0.1) is 23.8 Å². The zero-order valence-electron chi connectivity index (χ0n) is 13.2. The highest BCUT2D eigenvalue weighted by molar-refractivity contribution is 6.05. The summed E-state index contributed by atoms with van der Waals surface area (Å²) in [4.78, 5) is 28.1.